The van der Waals surface area contributed by atoms with Gasteiger partial charge in [0.15, 0.2) is 6.04 Å². The van der Waals surface area contributed by atoms with Gasteiger partial charge in [0.1, 0.15) is 0 Å². The van der Waals surface area contributed by atoms with Gasteiger partial charge < -0.3 is 10.4 Å². The Morgan fingerprint density at radius 1 is 1.05 bits per heavy atom. The van der Waals surface area contributed by atoms with Crippen molar-refractivity contribution in [3.05, 3.63) is 110 Å². The topological polar surface area (TPSA) is 82.0 Å². The molecular formula is C33H34Cl3N3O3. The Morgan fingerprint density at radius 3 is 2.45 bits per heavy atom. The number of nitrogens with one attached hydrogen (secondary N) is 1. The van der Waals surface area contributed by atoms with Crippen molar-refractivity contribution >= 4 is 58.1 Å². The molecule has 0 spiro atoms. The van der Waals surface area contributed by atoms with Gasteiger partial charge in [0.2, 0.25) is 5.91 Å². The Balaban J connectivity index is 1.71. The van der Waals surface area contributed by atoms with E-state index in [2.05, 4.69) is 10.2 Å². The summed E-state index contributed by atoms with van der Waals surface area (Å²) in [7, 11) is 0. The monoisotopic (exact) mass is 625 g/mol. The summed E-state index contributed by atoms with van der Waals surface area (Å²) in [6.07, 6.45) is 3.62. The lowest BCUT2D eigenvalue weighted by molar-refractivity contribution is -0.138. The van der Waals surface area contributed by atoms with Crippen LogP contribution in [0.15, 0.2) is 83.4 Å². The lowest BCUT2D eigenvalue weighted by atomic mass is 9.95. The molecule has 3 aromatic rings. The number of carbonyl (C=O) groups excluding carboxylic acids is 1. The molecule has 0 aliphatic carbocycles. The number of halogens is 3. The second-order valence-electron chi connectivity index (χ2n) is 10.9. The molecule has 1 amide bonds. The molecule has 4 rings (SSSR count). The summed E-state index contributed by atoms with van der Waals surface area (Å²) < 4.78 is 0. The number of anilines is 1. The van der Waals surface area contributed by atoms with Gasteiger partial charge >= 0.3 is 5.97 Å². The van der Waals surface area contributed by atoms with Crippen LogP contribution in [0.5, 0.6) is 0 Å². The number of likely N-dealkylation sites (tertiary alicyclic amines) is 1. The molecule has 42 heavy (non-hydrogen) atoms. The van der Waals surface area contributed by atoms with Crippen molar-refractivity contribution in [2.75, 3.05) is 11.9 Å². The number of benzene rings is 3. The van der Waals surface area contributed by atoms with E-state index in [0.717, 1.165) is 24.1 Å². The molecule has 2 atom stereocenters. The van der Waals surface area contributed by atoms with Crippen LogP contribution in [0.1, 0.15) is 56.7 Å². The van der Waals surface area contributed by atoms with Crippen LogP contribution < -0.4 is 5.32 Å². The smallest absolute Gasteiger partial charge is 0.328 e. The number of carbonyl (C=O) groups is 2. The second kappa shape index (κ2) is 13.9. The minimum Gasteiger partial charge on any atom is -0.480 e. The van der Waals surface area contributed by atoms with Gasteiger partial charge in [-0.05, 0) is 82.5 Å². The molecule has 0 bridgehead atoms. The average molecular weight is 627 g/mol. The van der Waals surface area contributed by atoms with Crippen LogP contribution in [-0.2, 0) is 16.1 Å². The van der Waals surface area contributed by atoms with Crippen molar-refractivity contribution in [2.24, 2.45) is 4.99 Å². The van der Waals surface area contributed by atoms with Crippen LogP contribution >= 0.6 is 34.8 Å². The number of carboxylic acids is 1. The third kappa shape index (κ3) is 7.61. The lowest BCUT2D eigenvalue weighted by Gasteiger charge is -2.34. The molecule has 1 fully saturated rings. The highest BCUT2D eigenvalue weighted by Crippen LogP contribution is 2.34. The van der Waals surface area contributed by atoms with Gasteiger partial charge in [-0.1, -0.05) is 82.9 Å². The van der Waals surface area contributed by atoms with E-state index >= 15 is 0 Å². The average Bonchev–Trinajstić information content (AvgIpc) is 3.33. The third-order valence-corrected chi connectivity index (χ3v) is 8.46. The Morgan fingerprint density at radius 2 is 1.79 bits per heavy atom. The van der Waals surface area contributed by atoms with E-state index in [-0.39, 0.29) is 12.3 Å². The molecule has 1 aliphatic rings. The number of aliphatic imine (C=N–C) groups is 1. The Labute approximate surface area is 262 Å². The minimum atomic E-state index is -1.04. The summed E-state index contributed by atoms with van der Waals surface area (Å²) in [4.78, 5) is 33.1. The summed E-state index contributed by atoms with van der Waals surface area (Å²) >= 11 is 18.8. The van der Waals surface area contributed by atoms with E-state index in [9.17, 15) is 14.7 Å². The predicted molar refractivity (Wildman–Crippen MR) is 172 cm³/mol. The van der Waals surface area contributed by atoms with Crippen molar-refractivity contribution in [1.29, 1.82) is 0 Å². The van der Waals surface area contributed by atoms with Gasteiger partial charge in [-0.25, -0.2) is 4.79 Å². The maximum Gasteiger partial charge on any atom is 0.328 e. The fraction of sp³-hybridized carbons (Fsp3) is 0.303. The van der Waals surface area contributed by atoms with E-state index in [1.165, 1.54) is 0 Å². The van der Waals surface area contributed by atoms with Crippen LogP contribution in [0, 0.1) is 0 Å². The van der Waals surface area contributed by atoms with Crippen molar-refractivity contribution in [3.63, 3.8) is 0 Å². The van der Waals surface area contributed by atoms with Crippen LogP contribution in [0.2, 0.25) is 15.1 Å². The van der Waals surface area contributed by atoms with Crippen LogP contribution in [0.3, 0.4) is 0 Å². The predicted octanol–water partition coefficient (Wildman–Crippen LogP) is 8.29. The maximum absolute atomic E-state index is 14.0. The zero-order chi connectivity index (χ0) is 30.4. The van der Waals surface area contributed by atoms with Crippen molar-refractivity contribution in [2.45, 2.75) is 58.2 Å². The first kappa shape index (κ1) is 31.8. The van der Waals surface area contributed by atoms with Crippen LogP contribution in [-0.4, -0.2) is 45.7 Å². The van der Waals surface area contributed by atoms with E-state index < -0.39 is 17.6 Å². The largest absolute Gasteiger partial charge is 0.480 e. The minimum absolute atomic E-state index is 0.171. The number of allylic oxidation sites excluding steroid dienone is 1. The zero-order valence-corrected chi connectivity index (χ0v) is 26.1. The fourth-order valence-electron chi connectivity index (χ4n) is 5.07. The van der Waals surface area contributed by atoms with Crippen molar-refractivity contribution in [1.82, 2.24) is 4.90 Å². The number of hydrogen-bond donors (Lipinski definition) is 2. The van der Waals surface area contributed by atoms with E-state index in [0.29, 0.717) is 50.6 Å². The quantitative estimate of drug-likeness (QED) is 0.175. The van der Waals surface area contributed by atoms with Gasteiger partial charge in [-0.15, -0.1) is 0 Å². The lowest BCUT2D eigenvalue weighted by Crippen LogP contribution is -2.50. The first-order valence-corrected chi connectivity index (χ1v) is 14.9. The SMILES string of the molecule is CC(C)=CC[C@@H](N=C(c1ccccc1)c1cc(Cl)ccc1NC(=O)[C@]1(C)CCCN1Cc1ccc(Cl)c(Cl)c1)C(=O)O. The van der Waals surface area contributed by atoms with Gasteiger partial charge in [0, 0.05) is 22.7 Å². The summed E-state index contributed by atoms with van der Waals surface area (Å²) in [6, 6.07) is 19.0. The summed E-state index contributed by atoms with van der Waals surface area (Å²) in [6.45, 7) is 7.06. The van der Waals surface area contributed by atoms with Crippen molar-refractivity contribution < 1.29 is 14.7 Å². The van der Waals surface area contributed by atoms with E-state index in [4.69, 9.17) is 39.8 Å². The molecular weight excluding hydrogens is 593 g/mol. The van der Waals surface area contributed by atoms with Gasteiger partial charge in [0.25, 0.3) is 0 Å². The number of aliphatic carboxylic acids is 1. The Kier molecular flexibility index (Phi) is 10.5. The van der Waals surface area contributed by atoms with E-state index in [1.807, 2.05) is 69.3 Å². The van der Waals surface area contributed by atoms with E-state index in [1.54, 1.807) is 24.3 Å². The summed E-state index contributed by atoms with van der Waals surface area (Å²) in [5, 5.41) is 14.5. The highest BCUT2D eigenvalue weighted by molar-refractivity contribution is 6.42. The standard InChI is InChI=1S/C33H34Cl3N3O3/c1-21(2)10-14-29(31(40)41)37-30(23-8-5-4-6-9-23)25-19-24(34)12-15-28(25)38-32(42)33(3)16-7-17-39(33)20-22-11-13-26(35)27(36)18-22/h4-6,8-13,15,18-19,29H,7,14,16-17,20H2,1-3H3,(H,38,42)(H,40,41)/t29-,33+/m1/s1. The molecule has 1 aliphatic heterocycles. The number of carboxylic acid groups (broad SMARTS) is 1. The molecule has 3 aromatic carbocycles. The molecule has 0 aromatic heterocycles. The molecule has 2 N–H and O–H groups in total. The molecule has 0 unspecified atom stereocenters. The molecule has 1 heterocycles. The van der Waals surface area contributed by atoms with Crippen LogP contribution in [0.4, 0.5) is 5.69 Å². The van der Waals surface area contributed by atoms with Gasteiger partial charge in [-0.3, -0.25) is 14.7 Å². The molecule has 220 valence electrons. The summed E-state index contributed by atoms with van der Waals surface area (Å²) in [5.74, 6) is -1.21. The molecule has 6 nitrogen and oxygen atoms in total. The molecule has 9 heteroatoms. The maximum atomic E-state index is 14.0. The number of rotatable bonds is 10. The summed E-state index contributed by atoms with van der Waals surface area (Å²) in [5.41, 5.74) is 3.37. The third-order valence-electron chi connectivity index (χ3n) is 7.49. The molecule has 1 saturated heterocycles. The van der Waals surface area contributed by atoms with Gasteiger partial charge in [0.05, 0.1) is 27.0 Å². The number of amides is 1. The fourth-order valence-corrected chi connectivity index (χ4v) is 5.57. The highest BCUT2D eigenvalue weighted by Gasteiger charge is 2.43. The highest BCUT2D eigenvalue weighted by atomic mass is 35.5. The van der Waals surface area contributed by atoms with Crippen LogP contribution in [0.25, 0.3) is 0 Å². The second-order valence-corrected chi connectivity index (χ2v) is 12.2. The Bertz CT molecular complexity index is 1520. The number of hydrogen-bond acceptors (Lipinski definition) is 4. The normalized spacial score (nSPS) is 18.0. The first-order valence-electron chi connectivity index (χ1n) is 13.8. The Hall–Kier alpha value is -3.16. The van der Waals surface area contributed by atoms with Crippen molar-refractivity contribution in [3.8, 4) is 0 Å². The van der Waals surface area contributed by atoms with Gasteiger partial charge in [-0.2, -0.15) is 0 Å². The molecule has 0 radical (unpaired) electrons. The first-order chi connectivity index (χ1) is 20.0. The zero-order valence-electron chi connectivity index (χ0n) is 23.8. The number of nitrogens with zero attached hydrogens (tertiary/aromatic N) is 2. The molecule has 0 saturated carbocycles.